The van der Waals surface area contributed by atoms with E-state index in [9.17, 15) is 0 Å². The van der Waals surface area contributed by atoms with Crippen molar-refractivity contribution in [3.05, 3.63) is 35.4 Å². The quantitative estimate of drug-likeness (QED) is 0.374. The predicted octanol–water partition coefficient (Wildman–Crippen LogP) is 1.39. The molecule has 2 unspecified atom stereocenters. The van der Waals surface area contributed by atoms with E-state index in [1.807, 2.05) is 24.3 Å². The number of hydrogen-bond donors (Lipinski definition) is 2. The van der Waals surface area contributed by atoms with Gasteiger partial charge in [-0.1, -0.05) is 29.4 Å². The van der Waals surface area contributed by atoms with Crippen LogP contribution in [0.1, 0.15) is 25.0 Å². The molecule has 1 heterocycles. The molecule has 3 N–H and O–H groups in total. The van der Waals surface area contributed by atoms with Crippen molar-refractivity contribution in [2.45, 2.75) is 32.6 Å². The second-order valence-corrected chi connectivity index (χ2v) is 5.13. The number of amidine groups is 1. The van der Waals surface area contributed by atoms with Crippen molar-refractivity contribution in [3.8, 4) is 0 Å². The van der Waals surface area contributed by atoms with Crippen molar-refractivity contribution in [2.75, 3.05) is 13.1 Å². The van der Waals surface area contributed by atoms with E-state index < -0.39 is 0 Å². The molecule has 0 saturated carbocycles. The van der Waals surface area contributed by atoms with Gasteiger partial charge in [0.15, 0.2) is 5.84 Å². The zero-order valence-corrected chi connectivity index (χ0v) is 11.4. The molecule has 0 radical (unpaired) electrons. The molecule has 0 aromatic heterocycles. The number of hydrogen-bond acceptors (Lipinski definition) is 4. The zero-order valence-electron chi connectivity index (χ0n) is 11.4. The predicted molar refractivity (Wildman–Crippen MR) is 74.2 cm³/mol. The maximum atomic E-state index is 8.62. The molecule has 1 aromatic carbocycles. The lowest BCUT2D eigenvalue weighted by molar-refractivity contribution is -0.0704. The number of nitrogens with two attached hydrogens (primary N) is 1. The topological polar surface area (TPSA) is 71.1 Å². The second kappa shape index (κ2) is 6.04. The minimum absolute atomic E-state index is 0.139. The molecule has 5 heteroatoms. The van der Waals surface area contributed by atoms with Crippen molar-refractivity contribution in [3.63, 3.8) is 0 Å². The third-order valence-electron chi connectivity index (χ3n) is 3.26. The number of oxime groups is 1. The van der Waals surface area contributed by atoms with Crippen molar-refractivity contribution in [2.24, 2.45) is 10.9 Å². The highest BCUT2D eigenvalue weighted by atomic mass is 16.5. The zero-order chi connectivity index (χ0) is 13.8. The Hall–Kier alpha value is -1.59. The van der Waals surface area contributed by atoms with Crippen molar-refractivity contribution in [1.29, 1.82) is 0 Å². The van der Waals surface area contributed by atoms with Gasteiger partial charge in [0.05, 0.1) is 12.2 Å². The fraction of sp³-hybridized carbons (Fsp3) is 0.500. The fourth-order valence-corrected chi connectivity index (χ4v) is 2.51. The Kier molecular flexibility index (Phi) is 4.39. The maximum absolute atomic E-state index is 8.62. The van der Waals surface area contributed by atoms with Crippen LogP contribution >= 0.6 is 0 Å². The number of rotatable bonds is 3. The van der Waals surface area contributed by atoms with E-state index in [0.29, 0.717) is 0 Å². The number of morpholine rings is 1. The van der Waals surface area contributed by atoms with Crippen LogP contribution in [0, 0.1) is 0 Å². The number of ether oxygens (including phenoxy) is 1. The summed E-state index contributed by atoms with van der Waals surface area (Å²) in [5.74, 6) is 0.139. The Labute approximate surface area is 113 Å². The SMILES string of the molecule is CC1CN(Cc2ccc(/C(N)=N/O)cc2)CC(C)O1. The summed E-state index contributed by atoms with van der Waals surface area (Å²) < 4.78 is 5.72. The van der Waals surface area contributed by atoms with Crippen molar-refractivity contribution >= 4 is 5.84 Å². The highest BCUT2D eigenvalue weighted by Gasteiger charge is 2.21. The molecular weight excluding hydrogens is 242 g/mol. The van der Waals surface area contributed by atoms with Gasteiger partial charge in [0.25, 0.3) is 0 Å². The molecule has 0 aliphatic carbocycles. The van der Waals surface area contributed by atoms with Gasteiger partial charge in [-0.25, -0.2) is 0 Å². The van der Waals surface area contributed by atoms with Gasteiger partial charge in [0.1, 0.15) is 0 Å². The van der Waals surface area contributed by atoms with Crippen LogP contribution in [-0.2, 0) is 11.3 Å². The number of nitrogens with zero attached hydrogens (tertiary/aromatic N) is 2. The van der Waals surface area contributed by atoms with Gasteiger partial charge >= 0.3 is 0 Å². The molecule has 1 aliphatic rings. The molecule has 5 nitrogen and oxygen atoms in total. The maximum Gasteiger partial charge on any atom is 0.170 e. The summed E-state index contributed by atoms with van der Waals surface area (Å²) in [6.45, 7) is 7.00. The summed E-state index contributed by atoms with van der Waals surface area (Å²) in [5.41, 5.74) is 7.49. The van der Waals surface area contributed by atoms with Crippen LogP contribution in [-0.4, -0.2) is 41.2 Å². The standard InChI is InChI=1S/C14H21N3O2/c1-10-7-17(8-11(2)19-10)9-12-3-5-13(6-4-12)14(15)16-18/h3-6,10-11,18H,7-9H2,1-2H3,(H2,15,16). The van der Waals surface area contributed by atoms with Crippen LogP contribution in [0.4, 0.5) is 0 Å². The average molecular weight is 263 g/mol. The van der Waals surface area contributed by atoms with Crippen LogP contribution in [0.3, 0.4) is 0 Å². The highest BCUT2D eigenvalue weighted by molar-refractivity contribution is 5.96. The van der Waals surface area contributed by atoms with E-state index in [2.05, 4.69) is 23.9 Å². The molecule has 1 saturated heterocycles. The van der Waals surface area contributed by atoms with Crippen LogP contribution in [0.5, 0.6) is 0 Å². The monoisotopic (exact) mass is 263 g/mol. The summed E-state index contributed by atoms with van der Waals surface area (Å²) in [5, 5.41) is 11.6. The molecule has 0 spiro atoms. The Bertz CT molecular complexity index is 435. The molecule has 0 amide bonds. The van der Waals surface area contributed by atoms with Gasteiger partial charge in [-0.2, -0.15) is 0 Å². The van der Waals surface area contributed by atoms with E-state index >= 15 is 0 Å². The van der Waals surface area contributed by atoms with Crippen LogP contribution < -0.4 is 5.73 Å². The Balaban J connectivity index is 1.99. The van der Waals surface area contributed by atoms with Crippen molar-refractivity contribution in [1.82, 2.24) is 4.90 Å². The Morgan fingerprint density at radius 3 is 2.42 bits per heavy atom. The molecule has 104 valence electrons. The molecule has 1 aliphatic heterocycles. The third kappa shape index (κ3) is 3.68. The molecule has 1 fully saturated rings. The van der Waals surface area contributed by atoms with Gasteiger partial charge in [0.2, 0.25) is 0 Å². The highest BCUT2D eigenvalue weighted by Crippen LogP contribution is 2.14. The summed E-state index contributed by atoms with van der Waals surface area (Å²) in [4.78, 5) is 2.39. The van der Waals surface area contributed by atoms with E-state index in [1.165, 1.54) is 5.56 Å². The summed E-state index contributed by atoms with van der Waals surface area (Å²) in [6.07, 6.45) is 0.556. The first-order valence-corrected chi connectivity index (χ1v) is 6.53. The molecule has 1 aromatic rings. The first-order chi connectivity index (χ1) is 9.08. The largest absolute Gasteiger partial charge is 0.409 e. The van der Waals surface area contributed by atoms with E-state index in [1.54, 1.807) is 0 Å². The van der Waals surface area contributed by atoms with Gasteiger partial charge < -0.3 is 15.7 Å². The molecule has 19 heavy (non-hydrogen) atoms. The normalized spacial score (nSPS) is 25.5. The molecular formula is C14H21N3O2. The smallest absolute Gasteiger partial charge is 0.170 e. The Morgan fingerprint density at radius 1 is 1.32 bits per heavy atom. The summed E-state index contributed by atoms with van der Waals surface area (Å²) >= 11 is 0. The number of benzene rings is 1. The fourth-order valence-electron chi connectivity index (χ4n) is 2.51. The molecule has 2 rings (SSSR count). The first kappa shape index (κ1) is 13.8. The van der Waals surface area contributed by atoms with Gasteiger partial charge in [-0.3, -0.25) is 4.90 Å². The van der Waals surface area contributed by atoms with Crippen LogP contribution in [0.2, 0.25) is 0 Å². The second-order valence-electron chi connectivity index (χ2n) is 5.13. The van der Waals surface area contributed by atoms with Crippen molar-refractivity contribution < 1.29 is 9.94 Å². The minimum atomic E-state index is 0.139. The summed E-state index contributed by atoms with van der Waals surface area (Å²) in [6, 6.07) is 7.77. The third-order valence-corrected chi connectivity index (χ3v) is 3.26. The minimum Gasteiger partial charge on any atom is -0.409 e. The van der Waals surface area contributed by atoms with E-state index in [0.717, 1.165) is 25.2 Å². The molecule has 2 atom stereocenters. The van der Waals surface area contributed by atoms with E-state index in [4.69, 9.17) is 15.7 Å². The summed E-state index contributed by atoms with van der Waals surface area (Å²) in [7, 11) is 0. The van der Waals surface area contributed by atoms with Crippen LogP contribution in [0.15, 0.2) is 29.4 Å². The first-order valence-electron chi connectivity index (χ1n) is 6.53. The lowest BCUT2D eigenvalue weighted by atomic mass is 10.1. The van der Waals surface area contributed by atoms with Gasteiger partial charge in [0, 0.05) is 25.2 Å². The van der Waals surface area contributed by atoms with Gasteiger partial charge in [-0.15, -0.1) is 0 Å². The molecule has 0 bridgehead atoms. The van der Waals surface area contributed by atoms with Gasteiger partial charge in [-0.05, 0) is 19.4 Å². The van der Waals surface area contributed by atoms with Crippen LogP contribution in [0.25, 0.3) is 0 Å². The lowest BCUT2D eigenvalue weighted by Crippen LogP contribution is -2.44. The Morgan fingerprint density at radius 2 is 1.89 bits per heavy atom. The van der Waals surface area contributed by atoms with E-state index in [-0.39, 0.29) is 18.0 Å². The average Bonchev–Trinajstić information content (AvgIpc) is 2.37. The lowest BCUT2D eigenvalue weighted by Gasteiger charge is -2.35.